The zero-order valence-electron chi connectivity index (χ0n) is 15.8. The van der Waals surface area contributed by atoms with Crippen molar-refractivity contribution in [3.63, 3.8) is 0 Å². The molecule has 0 amide bonds. The Labute approximate surface area is 163 Å². The first-order valence-corrected chi connectivity index (χ1v) is 10.4. The normalized spacial score (nSPS) is 15.0. The Bertz CT molecular complexity index is 899. The zero-order valence-corrected chi connectivity index (χ0v) is 16.7. The third-order valence-electron chi connectivity index (χ3n) is 4.61. The molecule has 27 heavy (non-hydrogen) atoms. The van der Waals surface area contributed by atoms with E-state index in [2.05, 4.69) is 62.8 Å². The fraction of sp³-hybridized carbons (Fsp3) is 0.450. The van der Waals surface area contributed by atoms with Crippen LogP contribution in [0.5, 0.6) is 0 Å². The van der Waals surface area contributed by atoms with E-state index >= 15 is 0 Å². The summed E-state index contributed by atoms with van der Waals surface area (Å²) in [5.74, 6) is 2.32. The molecule has 1 aromatic carbocycles. The zero-order chi connectivity index (χ0) is 18.6. The van der Waals surface area contributed by atoms with Crippen molar-refractivity contribution < 1.29 is 4.74 Å². The van der Waals surface area contributed by atoms with Crippen molar-refractivity contribution in [1.82, 2.24) is 19.7 Å². The van der Waals surface area contributed by atoms with Gasteiger partial charge in [0.15, 0.2) is 5.16 Å². The highest BCUT2D eigenvalue weighted by molar-refractivity contribution is 7.98. The van der Waals surface area contributed by atoms with Crippen molar-refractivity contribution in [3.8, 4) is 0 Å². The number of nitrogens with zero attached hydrogens (tertiary/aromatic N) is 5. The number of fused-ring (bicyclic) bond motifs is 1. The number of thioether (sulfide) groups is 1. The van der Waals surface area contributed by atoms with E-state index in [-0.39, 0.29) is 0 Å². The van der Waals surface area contributed by atoms with Crippen LogP contribution in [0.4, 0.5) is 5.95 Å². The monoisotopic (exact) mass is 383 g/mol. The van der Waals surface area contributed by atoms with E-state index in [4.69, 9.17) is 4.74 Å². The first-order chi connectivity index (χ1) is 13.2. The molecule has 3 heterocycles. The number of rotatable bonds is 6. The molecule has 0 spiro atoms. The Hall–Kier alpha value is -2.12. The molecule has 7 heteroatoms. The summed E-state index contributed by atoms with van der Waals surface area (Å²) in [4.78, 5) is 6.84. The molecule has 0 saturated carbocycles. The Kier molecular flexibility index (Phi) is 5.59. The van der Waals surface area contributed by atoms with Gasteiger partial charge in [0.25, 0.3) is 0 Å². The van der Waals surface area contributed by atoms with E-state index in [0.29, 0.717) is 5.92 Å². The van der Waals surface area contributed by atoms with Gasteiger partial charge in [-0.05, 0) is 17.5 Å². The highest BCUT2D eigenvalue weighted by Crippen LogP contribution is 2.28. The maximum atomic E-state index is 5.48. The lowest BCUT2D eigenvalue weighted by molar-refractivity contribution is 0.121. The molecule has 1 aliphatic rings. The summed E-state index contributed by atoms with van der Waals surface area (Å²) in [5, 5.41) is 11.2. The van der Waals surface area contributed by atoms with E-state index < -0.39 is 0 Å². The molecule has 0 atom stereocenters. The molecule has 0 radical (unpaired) electrons. The quantitative estimate of drug-likeness (QED) is 0.606. The minimum absolute atomic E-state index is 0.527. The van der Waals surface area contributed by atoms with Crippen molar-refractivity contribution in [2.24, 2.45) is 5.92 Å². The third kappa shape index (κ3) is 4.09. The summed E-state index contributed by atoms with van der Waals surface area (Å²) in [5.41, 5.74) is 2.29. The second-order valence-corrected chi connectivity index (χ2v) is 8.11. The average molecular weight is 384 g/mol. The molecule has 4 rings (SSSR count). The van der Waals surface area contributed by atoms with Gasteiger partial charge in [-0.3, -0.25) is 9.55 Å². The van der Waals surface area contributed by atoms with Crippen LogP contribution < -0.4 is 4.90 Å². The fourth-order valence-corrected chi connectivity index (χ4v) is 4.26. The number of hydrogen-bond acceptors (Lipinski definition) is 6. The molecule has 1 fully saturated rings. The van der Waals surface area contributed by atoms with Crippen LogP contribution in [0.3, 0.4) is 0 Å². The number of morpholine rings is 1. The molecule has 1 aliphatic heterocycles. The number of ether oxygens (including phenoxy) is 1. The molecule has 0 aliphatic carbocycles. The minimum Gasteiger partial charge on any atom is -0.378 e. The Morgan fingerprint density at radius 1 is 1.11 bits per heavy atom. The number of pyridine rings is 1. The van der Waals surface area contributed by atoms with Crippen LogP contribution in [0.15, 0.2) is 41.7 Å². The average Bonchev–Trinajstić information content (AvgIpc) is 3.09. The van der Waals surface area contributed by atoms with Crippen LogP contribution in [-0.4, -0.2) is 46.1 Å². The molecule has 3 aromatic rings. The van der Waals surface area contributed by atoms with Gasteiger partial charge in [0.1, 0.15) is 0 Å². The van der Waals surface area contributed by atoms with Crippen LogP contribution in [0, 0.1) is 5.92 Å². The van der Waals surface area contributed by atoms with Gasteiger partial charge in [-0.15, -0.1) is 10.2 Å². The summed E-state index contributed by atoms with van der Waals surface area (Å²) in [6.07, 6.45) is 1.86. The first-order valence-electron chi connectivity index (χ1n) is 9.43. The van der Waals surface area contributed by atoms with Crippen molar-refractivity contribution in [2.75, 3.05) is 31.2 Å². The molecule has 0 N–H and O–H groups in total. The first kappa shape index (κ1) is 18.3. The molecule has 0 bridgehead atoms. The molecule has 0 unspecified atom stereocenters. The van der Waals surface area contributed by atoms with Gasteiger partial charge in [-0.25, -0.2) is 0 Å². The van der Waals surface area contributed by atoms with Gasteiger partial charge in [0.2, 0.25) is 5.95 Å². The maximum absolute atomic E-state index is 5.48. The number of para-hydroxylation sites is 1. The summed E-state index contributed by atoms with van der Waals surface area (Å²) < 4.78 is 7.75. The summed E-state index contributed by atoms with van der Waals surface area (Å²) >= 11 is 1.73. The highest BCUT2D eigenvalue weighted by Gasteiger charge is 2.21. The third-order valence-corrected chi connectivity index (χ3v) is 5.63. The van der Waals surface area contributed by atoms with E-state index in [1.807, 2.05) is 12.3 Å². The van der Waals surface area contributed by atoms with Crippen molar-refractivity contribution in [2.45, 2.75) is 31.3 Å². The van der Waals surface area contributed by atoms with Gasteiger partial charge in [-0.2, -0.15) is 0 Å². The smallest absolute Gasteiger partial charge is 0.228 e. The Morgan fingerprint density at radius 2 is 1.93 bits per heavy atom. The lowest BCUT2D eigenvalue weighted by atomic mass is 10.1. The van der Waals surface area contributed by atoms with Gasteiger partial charge in [0.05, 0.1) is 18.7 Å². The Balaban J connectivity index is 1.58. The second kappa shape index (κ2) is 8.27. The second-order valence-electron chi connectivity index (χ2n) is 7.17. The summed E-state index contributed by atoms with van der Waals surface area (Å²) in [6, 6.07) is 10.4. The molecule has 2 aromatic heterocycles. The van der Waals surface area contributed by atoms with Crippen LogP contribution in [0.25, 0.3) is 10.9 Å². The van der Waals surface area contributed by atoms with Crippen LogP contribution in [-0.2, 0) is 17.0 Å². The largest absolute Gasteiger partial charge is 0.378 e. The van der Waals surface area contributed by atoms with Crippen molar-refractivity contribution in [3.05, 3.63) is 42.1 Å². The minimum atomic E-state index is 0.527. The van der Waals surface area contributed by atoms with Crippen LogP contribution in [0.2, 0.25) is 0 Å². The van der Waals surface area contributed by atoms with E-state index in [1.165, 1.54) is 10.9 Å². The Morgan fingerprint density at radius 3 is 2.74 bits per heavy atom. The SMILES string of the molecule is CC(C)Cn1c(SCc2cccc3cccnc23)nnc1N1CCOCC1. The molecule has 1 saturated heterocycles. The lowest BCUT2D eigenvalue weighted by Gasteiger charge is -2.28. The number of anilines is 1. The lowest BCUT2D eigenvalue weighted by Crippen LogP contribution is -2.38. The highest BCUT2D eigenvalue weighted by atomic mass is 32.2. The predicted molar refractivity (Wildman–Crippen MR) is 109 cm³/mol. The van der Waals surface area contributed by atoms with Crippen LogP contribution >= 0.6 is 11.8 Å². The number of hydrogen-bond donors (Lipinski definition) is 0. The van der Waals surface area contributed by atoms with E-state index in [9.17, 15) is 0 Å². The van der Waals surface area contributed by atoms with Gasteiger partial charge in [0, 0.05) is 37.0 Å². The van der Waals surface area contributed by atoms with Gasteiger partial charge < -0.3 is 9.64 Å². The molecule has 142 valence electrons. The molecular formula is C20H25N5OS. The number of aromatic nitrogens is 4. The fourth-order valence-electron chi connectivity index (χ4n) is 3.34. The summed E-state index contributed by atoms with van der Waals surface area (Å²) in [7, 11) is 0. The van der Waals surface area contributed by atoms with E-state index in [1.54, 1.807) is 11.8 Å². The maximum Gasteiger partial charge on any atom is 0.228 e. The number of benzene rings is 1. The topological polar surface area (TPSA) is 56.1 Å². The van der Waals surface area contributed by atoms with Crippen LogP contribution in [0.1, 0.15) is 19.4 Å². The van der Waals surface area contributed by atoms with Gasteiger partial charge >= 0.3 is 0 Å². The summed E-state index contributed by atoms with van der Waals surface area (Å²) in [6.45, 7) is 8.60. The standard InChI is InChI=1S/C20H25N5OS/c1-15(2)13-25-19(24-9-11-26-12-10-24)22-23-20(25)27-14-17-6-3-5-16-7-4-8-21-18(16)17/h3-8,15H,9-14H2,1-2H3. The van der Waals surface area contributed by atoms with Crippen molar-refractivity contribution in [1.29, 1.82) is 0 Å². The van der Waals surface area contributed by atoms with Crippen molar-refractivity contribution >= 4 is 28.6 Å². The molecule has 6 nitrogen and oxygen atoms in total. The van der Waals surface area contributed by atoms with Gasteiger partial charge in [-0.1, -0.05) is 49.9 Å². The predicted octanol–water partition coefficient (Wildman–Crippen LogP) is 3.61. The molecular weight excluding hydrogens is 358 g/mol. The van der Waals surface area contributed by atoms with E-state index in [0.717, 1.165) is 55.2 Å².